The molecule has 1 rings (SSSR count). The van der Waals surface area contributed by atoms with E-state index >= 15 is 0 Å². The molecule has 1 amide bonds. The van der Waals surface area contributed by atoms with Gasteiger partial charge in [0, 0.05) is 12.3 Å². The third-order valence-corrected chi connectivity index (χ3v) is 1.39. The van der Waals surface area contributed by atoms with Gasteiger partial charge in [-0.2, -0.15) is 0 Å². The zero-order valence-corrected chi connectivity index (χ0v) is 6.78. The molecule has 0 fully saturated rings. The lowest BCUT2D eigenvalue weighted by atomic mass is 10.3. The molecule has 1 aromatic heterocycles. The first-order valence-corrected chi connectivity index (χ1v) is 3.53. The molecule has 12 heavy (non-hydrogen) atoms. The summed E-state index contributed by atoms with van der Waals surface area (Å²) < 4.78 is 4.98. The van der Waals surface area contributed by atoms with Gasteiger partial charge in [-0.05, 0) is 6.07 Å². The number of hydrogen-bond donors (Lipinski definition) is 1. The van der Waals surface area contributed by atoms with Crippen LogP contribution < -0.4 is 10.1 Å². The molecule has 0 aliphatic carbocycles. The zero-order valence-electron chi connectivity index (χ0n) is 6.78. The molecule has 4 heteroatoms. The van der Waals surface area contributed by atoms with Gasteiger partial charge in [0.15, 0.2) is 0 Å². The molecular formula is C8H10N2O2. The van der Waals surface area contributed by atoms with Crippen molar-refractivity contribution >= 4 is 6.41 Å². The lowest BCUT2D eigenvalue weighted by Crippen LogP contribution is -2.10. The van der Waals surface area contributed by atoms with Gasteiger partial charge in [0.1, 0.15) is 5.75 Å². The van der Waals surface area contributed by atoms with Gasteiger partial charge in [-0.3, -0.25) is 9.78 Å². The van der Waals surface area contributed by atoms with Gasteiger partial charge in [0.05, 0.1) is 19.3 Å². The second-order valence-electron chi connectivity index (χ2n) is 2.19. The summed E-state index contributed by atoms with van der Waals surface area (Å²) in [6, 6.07) is 3.53. The second kappa shape index (κ2) is 4.33. The topological polar surface area (TPSA) is 51.2 Å². The number of ether oxygens (including phenoxy) is 1. The van der Waals surface area contributed by atoms with Crippen molar-refractivity contribution in [3.05, 3.63) is 24.0 Å². The van der Waals surface area contributed by atoms with Crippen LogP contribution in [0.25, 0.3) is 0 Å². The molecule has 0 aromatic carbocycles. The van der Waals surface area contributed by atoms with Crippen molar-refractivity contribution < 1.29 is 9.53 Å². The average molecular weight is 166 g/mol. The molecule has 1 N–H and O–H groups in total. The second-order valence-corrected chi connectivity index (χ2v) is 2.19. The minimum Gasteiger partial charge on any atom is -0.497 e. The molecular weight excluding hydrogens is 156 g/mol. The van der Waals surface area contributed by atoms with Crippen LogP contribution in [0.2, 0.25) is 0 Å². The number of nitrogens with zero attached hydrogens (tertiary/aromatic N) is 1. The van der Waals surface area contributed by atoms with E-state index in [1.165, 1.54) is 0 Å². The molecule has 1 heterocycles. The molecule has 0 aliphatic rings. The summed E-state index contributed by atoms with van der Waals surface area (Å²) in [4.78, 5) is 14.0. The summed E-state index contributed by atoms with van der Waals surface area (Å²) in [5, 5.41) is 2.52. The summed E-state index contributed by atoms with van der Waals surface area (Å²) >= 11 is 0. The summed E-state index contributed by atoms with van der Waals surface area (Å²) in [6.07, 6.45) is 2.28. The molecule has 0 aliphatic heterocycles. The number of hydrogen-bond acceptors (Lipinski definition) is 3. The predicted molar refractivity (Wildman–Crippen MR) is 43.7 cm³/mol. The van der Waals surface area contributed by atoms with Crippen molar-refractivity contribution in [3.63, 3.8) is 0 Å². The summed E-state index contributed by atoms with van der Waals surface area (Å²) in [5.41, 5.74) is 0.779. The van der Waals surface area contributed by atoms with Crippen LogP contribution in [0.5, 0.6) is 5.75 Å². The normalized spacial score (nSPS) is 9.08. The number of pyridine rings is 1. The molecule has 0 radical (unpaired) electrons. The largest absolute Gasteiger partial charge is 0.497 e. The summed E-state index contributed by atoms with van der Waals surface area (Å²) in [5.74, 6) is 0.743. The van der Waals surface area contributed by atoms with E-state index in [-0.39, 0.29) is 0 Å². The molecule has 4 nitrogen and oxygen atoms in total. The monoisotopic (exact) mass is 166 g/mol. The van der Waals surface area contributed by atoms with E-state index in [1.807, 2.05) is 0 Å². The fourth-order valence-electron chi connectivity index (χ4n) is 0.826. The van der Waals surface area contributed by atoms with Gasteiger partial charge in [-0.25, -0.2) is 0 Å². The first kappa shape index (κ1) is 8.52. The Morgan fingerprint density at radius 2 is 2.58 bits per heavy atom. The van der Waals surface area contributed by atoms with Crippen LogP contribution >= 0.6 is 0 Å². The van der Waals surface area contributed by atoms with Crippen LogP contribution in [0.4, 0.5) is 0 Å². The third-order valence-electron chi connectivity index (χ3n) is 1.39. The van der Waals surface area contributed by atoms with Crippen LogP contribution in [0.15, 0.2) is 18.3 Å². The van der Waals surface area contributed by atoms with E-state index in [9.17, 15) is 4.79 Å². The Kier molecular flexibility index (Phi) is 3.07. The Bertz CT molecular complexity index is 263. The Morgan fingerprint density at radius 1 is 1.75 bits per heavy atom. The van der Waals surface area contributed by atoms with Gasteiger partial charge in [0.2, 0.25) is 6.41 Å². The van der Waals surface area contributed by atoms with Crippen LogP contribution in [-0.4, -0.2) is 18.5 Å². The quantitative estimate of drug-likeness (QED) is 0.656. The fraction of sp³-hybridized carbons (Fsp3) is 0.250. The van der Waals surface area contributed by atoms with Crippen LogP contribution in [0.3, 0.4) is 0 Å². The van der Waals surface area contributed by atoms with Crippen molar-refractivity contribution in [2.45, 2.75) is 6.54 Å². The Hall–Kier alpha value is -1.58. The minimum absolute atomic E-state index is 0.431. The van der Waals surface area contributed by atoms with E-state index < -0.39 is 0 Å². The van der Waals surface area contributed by atoms with E-state index in [0.29, 0.717) is 13.0 Å². The van der Waals surface area contributed by atoms with E-state index in [1.54, 1.807) is 25.4 Å². The molecule has 64 valence electrons. The average Bonchev–Trinajstić information content (AvgIpc) is 2.15. The highest BCUT2D eigenvalue weighted by Gasteiger charge is 1.94. The smallest absolute Gasteiger partial charge is 0.207 e. The molecule has 0 spiro atoms. The van der Waals surface area contributed by atoms with E-state index in [4.69, 9.17) is 4.74 Å². The number of methoxy groups -OCH3 is 1. The lowest BCUT2D eigenvalue weighted by Gasteiger charge is -2.01. The number of rotatable bonds is 4. The molecule has 0 saturated carbocycles. The maximum absolute atomic E-state index is 9.96. The molecule has 0 atom stereocenters. The highest BCUT2D eigenvalue weighted by atomic mass is 16.5. The summed E-state index contributed by atoms with van der Waals surface area (Å²) in [7, 11) is 1.59. The van der Waals surface area contributed by atoms with Crippen molar-refractivity contribution in [2.75, 3.05) is 7.11 Å². The third kappa shape index (κ3) is 2.23. The van der Waals surface area contributed by atoms with Crippen molar-refractivity contribution in [2.24, 2.45) is 0 Å². The van der Waals surface area contributed by atoms with Crippen molar-refractivity contribution in [1.29, 1.82) is 0 Å². The number of carbonyl (C=O) groups excluding carboxylic acids is 1. The van der Waals surface area contributed by atoms with Gasteiger partial charge in [0.25, 0.3) is 0 Å². The minimum atomic E-state index is 0.431. The van der Waals surface area contributed by atoms with Gasteiger partial charge in [-0.15, -0.1) is 0 Å². The highest BCUT2D eigenvalue weighted by molar-refractivity contribution is 5.46. The number of aromatic nitrogens is 1. The van der Waals surface area contributed by atoms with Crippen LogP contribution in [0, 0.1) is 0 Å². The number of amides is 1. The zero-order chi connectivity index (χ0) is 8.81. The predicted octanol–water partition coefficient (Wildman–Crippen LogP) is 0.336. The van der Waals surface area contributed by atoms with Gasteiger partial charge < -0.3 is 10.1 Å². The maximum atomic E-state index is 9.96. The molecule has 0 bridgehead atoms. The van der Waals surface area contributed by atoms with Crippen molar-refractivity contribution in [3.8, 4) is 5.75 Å². The van der Waals surface area contributed by atoms with Crippen LogP contribution in [0.1, 0.15) is 5.69 Å². The molecule has 1 aromatic rings. The van der Waals surface area contributed by atoms with Crippen LogP contribution in [-0.2, 0) is 11.3 Å². The number of nitrogens with one attached hydrogen (secondary N) is 1. The van der Waals surface area contributed by atoms with Gasteiger partial charge >= 0.3 is 0 Å². The van der Waals surface area contributed by atoms with Crippen molar-refractivity contribution in [1.82, 2.24) is 10.3 Å². The summed E-state index contributed by atoms with van der Waals surface area (Å²) in [6.45, 7) is 0.431. The first-order valence-electron chi connectivity index (χ1n) is 3.53. The standard InChI is InChI=1S/C8H10N2O2/c1-12-8-2-3-10-7(4-8)5-9-6-11/h2-4,6H,5H2,1H3,(H,9,11). The first-order chi connectivity index (χ1) is 5.86. The fourth-order valence-corrected chi connectivity index (χ4v) is 0.826. The Labute approximate surface area is 70.6 Å². The number of carbonyl (C=O) groups is 1. The van der Waals surface area contributed by atoms with E-state index in [2.05, 4.69) is 10.3 Å². The van der Waals surface area contributed by atoms with Gasteiger partial charge in [-0.1, -0.05) is 0 Å². The lowest BCUT2D eigenvalue weighted by molar-refractivity contribution is -0.109. The maximum Gasteiger partial charge on any atom is 0.207 e. The Morgan fingerprint density at radius 3 is 3.25 bits per heavy atom. The highest BCUT2D eigenvalue weighted by Crippen LogP contribution is 2.08. The molecule has 0 saturated heterocycles. The SMILES string of the molecule is COc1ccnc(CNC=O)c1. The molecule has 0 unspecified atom stereocenters. The Balaban J connectivity index is 2.65. The van der Waals surface area contributed by atoms with E-state index in [0.717, 1.165) is 11.4 Å².